The maximum Gasteiger partial charge on any atom is 0.223 e. The standard InChI is InChI=1S/C17H24N4O2/c1-11-10-16(23-19-11)15-6-5-9-21(15)17(22)8-7-14-12(2)18-20(4)13(14)3/h10,15H,5-9H2,1-4H3. The van der Waals surface area contributed by atoms with Crippen LogP contribution in [0.25, 0.3) is 0 Å². The van der Waals surface area contributed by atoms with Crippen LogP contribution in [0.1, 0.15) is 53.7 Å². The number of hydrogen-bond donors (Lipinski definition) is 0. The summed E-state index contributed by atoms with van der Waals surface area (Å²) in [5, 5.41) is 8.37. The van der Waals surface area contributed by atoms with Crippen molar-refractivity contribution in [2.75, 3.05) is 6.54 Å². The van der Waals surface area contributed by atoms with Crippen molar-refractivity contribution < 1.29 is 9.32 Å². The van der Waals surface area contributed by atoms with Crippen molar-refractivity contribution in [3.63, 3.8) is 0 Å². The Bertz CT molecular complexity index is 716. The average Bonchev–Trinajstić information content (AvgIpc) is 3.19. The highest BCUT2D eigenvalue weighted by Gasteiger charge is 2.32. The molecule has 0 aliphatic carbocycles. The summed E-state index contributed by atoms with van der Waals surface area (Å²) in [6, 6.07) is 1.98. The molecule has 0 aromatic carbocycles. The highest BCUT2D eigenvalue weighted by molar-refractivity contribution is 5.77. The van der Waals surface area contributed by atoms with Crippen molar-refractivity contribution in [2.24, 2.45) is 7.05 Å². The van der Waals surface area contributed by atoms with E-state index in [2.05, 4.69) is 17.2 Å². The molecule has 0 radical (unpaired) electrons. The Morgan fingerprint density at radius 1 is 1.39 bits per heavy atom. The topological polar surface area (TPSA) is 64.2 Å². The minimum Gasteiger partial charge on any atom is -0.359 e. The number of carbonyl (C=O) groups excluding carboxylic acids is 1. The van der Waals surface area contributed by atoms with Crippen LogP contribution in [0.4, 0.5) is 0 Å². The lowest BCUT2D eigenvalue weighted by molar-refractivity contribution is -0.132. The van der Waals surface area contributed by atoms with E-state index >= 15 is 0 Å². The van der Waals surface area contributed by atoms with E-state index in [-0.39, 0.29) is 11.9 Å². The lowest BCUT2D eigenvalue weighted by Crippen LogP contribution is -2.30. The first kappa shape index (κ1) is 15.8. The molecule has 1 aliphatic rings. The summed E-state index contributed by atoms with van der Waals surface area (Å²) < 4.78 is 7.26. The molecule has 1 aliphatic heterocycles. The second kappa shape index (κ2) is 6.18. The van der Waals surface area contributed by atoms with Crippen LogP contribution in [-0.2, 0) is 18.3 Å². The van der Waals surface area contributed by atoms with Crippen molar-refractivity contribution in [3.05, 3.63) is 34.5 Å². The monoisotopic (exact) mass is 316 g/mol. The van der Waals surface area contributed by atoms with Crippen molar-refractivity contribution in [1.29, 1.82) is 0 Å². The van der Waals surface area contributed by atoms with Crippen LogP contribution in [0.5, 0.6) is 0 Å². The lowest BCUT2D eigenvalue weighted by Gasteiger charge is -2.22. The maximum atomic E-state index is 12.7. The third kappa shape index (κ3) is 3.02. The molecule has 2 aromatic rings. The van der Waals surface area contributed by atoms with Crippen LogP contribution in [0.15, 0.2) is 10.6 Å². The van der Waals surface area contributed by atoms with Gasteiger partial charge in [0.15, 0.2) is 5.76 Å². The van der Waals surface area contributed by atoms with E-state index in [1.54, 1.807) is 0 Å². The largest absolute Gasteiger partial charge is 0.359 e. The Hall–Kier alpha value is -2.11. The zero-order chi connectivity index (χ0) is 16.6. The Labute approximate surface area is 136 Å². The lowest BCUT2D eigenvalue weighted by atomic mass is 10.1. The van der Waals surface area contributed by atoms with Gasteiger partial charge in [0.05, 0.1) is 17.4 Å². The zero-order valence-corrected chi connectivity index (χ0v) is 14.3. The van der Waals surface area contributed by atoms with Crippen molar-refractivity contribution >= 4 is 5.91 Å². The van der Waals surface area contributed by atoms with Crippen molar-refractivity contribution in [2.45, 2.75) is 52.5 Å². The first-order valence-corrected chi connectivity index (χ1v) is 8.19. The smallest absolute Gasteiger partial charge is 0.223 e. The number of carbonyl (C=O) groups is 1. The van der Waals surface area contributed by atoms with Gasteiger partial charge in [-0.05, 0) is 45.6 Å². The van der Waals surface area contributed by atoms with Crippen LogP contribution in [0.3, 0.4) is 0 Å². The number of aryl methyl sites for hydroxylation is 3. The Morgan fingerprint density at radius 2 is 2.17 bits per heavy atom. The molecule has 6 heteroatoms. The molecule has 0 N–H and O–H groups in total. The zero-order valence-electron chi connectivity index (χ0n) is 14.3. The third-order valence-corrected chi connectivity index (χ3v) is 4.80. The predicted octanol–water partition coefficient (Wildman–Crippen LogP) is 2.63. The molecule has 3 heterocycles. The number of rotatable bonds is 4. The highest BCUT2D eigenvalue weighted by atomic mass is 16.5. The second-order valence-corrected chi connectivity index (χ2v) is 6.39. The molecule has 23 heavy (non-hydrogen) atoms. The number of amides is 1. The molecule has 6 nitrogen and oxygen atoms in total. The van der Waals surface area contributed by atoms with Gasteiger partial charge >= 0.3 is 0 Å². The summed E-state index contributed by atoms with van der Waals surface area (Å²) in [5.74, 6) is 0.992. The molecule has 124 valence electrons. The minimum atomic E-state index is 0.0415. The summed E-state index contributed by atoms with van der Waals surface area (Å²) in [7, 11) is 1.94. The Balaban J connectivity index is 1.68. The van der Waals surface area contributed by atoms with E-state index in [1.807, 2.05) is 36.5 Å². The molecule has 2 aromatic heterocycles. The van der Waals surface area contributed by atoms with Crippen LogP contribution >= 0.6 is 0 Å². The maximum absolute atomic E-state index is 12.7. The van der Waals surface area contributed by atoms with E-state index < -0.39 is 0 Å². The number of nitrogens with zero attached hydrogens (tertiary/aromatic N) is 4. The van der Waals surface area contributed by atoms with E-state index in [1.165, 1.54) is 5.56 Å². The molecule has 0 spiro atoms. The van der Waals surface area contributed by atoms with Gasteiger partial charge in [0, 0.05) is 31.8 Å². The third-order valence-electron chi connectivity index (χ3n) is 4.80. The van der Waals surface area contributed by atoms with Crippen LogP contribution in [0, 0.1) is 20.8 Å². The Kier molecular flexibility index (Phi) is 4.24. The Morgan fingerprint density at radius 3 is 2.78 bits per heavy atom. The number of aromatic nitrogens is 3. The molecule has 0 bridgehead atoms. The average molecular weight is 316 g/mol. The first-order chi connectivity index (χ1) is 11.0. The molecule has 1 fully saturated rings. The van der Waals surface area contributed by atoms with E-state index in [9.17, 15) is 4.79 Å². The van der Waals surface area contributed by atoms with E-state index in [0.717, 1.165) is 48.6 Å². The summed E-state index contributed by atoms with van der Waals surface area (Å²) >= 11 is 0. The molecule has 1 atom stereocenters. The van der Waals surface area contributed by atoms with Crippen molar-refractivity contribution in [1.82, 2.24) is 19.8 Å². The second-order valence-electron chi connectivity index (χ2n) is 6.39. The minimum absolute atomic E-state index is 0.0415. The van der Waals surface area contributed by atoms with E-state index in [0.29, 0.717) is 6.42 Å². The quantitative estimate of drug-likeness (QED) is 0.870. The molecular formula is C17H24N4O2. The molecule has 0 saturated carbocycles. The normalized spacial score (nSPS) is 17.9. The van der Waals surface area contributed by atoms with Crippen LogP contribution in [-0.4, -0.2) is 32.3 Å². The van der Waals surface area contributed by atoms with Gasteiger partial charge in [0.25, 0.3) is 0 Å². The highest BCUT2D eigenvalue weighted by Crippen LogP contribution is 2.33. The predicted molar refractivity (Wildman–Crippen MR) is 85.9 cm³/mol. The van der Waals surface area contributed by atoms with Crippen LogP contribution in [0.2, 0.25) is 0 Å². The summed E-state index contributed by atoms with van der Waals surface area (Å²) in [6.07, 6.45) is 3.21. The fourth-order valence-corrected chi connectivity index (χ4v) is 3.46. The summed E-state index contributed by atoms with van der Waals surface area (Å²) in [5.41, 5.74) is 4.20. The summed E-state index contributed by atoms with van der Waals surface area (Å²) in [6.45, 7) is 6.76. The van der Waals surface area contributed by atoms with Gasteiger partial charge in [-0.3, -0.25) is 9.48 Å². The fraction of sp³-hybridized carbons (Fsp3) is 0.588. The number of likely N-dealkylation sites (tertiary alicyclic amines) is 1. The van der Waals surface area contributed by atoms with Crippen LogP contribution < -0.4 is 0 Å². The number of hydrogen-bond acceptors (Lipinski definition) is 4. The fourth-order valence-electron chi connectivity index (χ4n) is 3.46. The van der Waals surface area contributed by atoms with Gasteiger partial charge in [-0.25, -0.2) is 0 Å². The summed E-state index contributed by atoms with van der Waals surface area (Å²) in [4.78, 5) is 14.6. The molecule has 1 amide bonds. The van der Waals surface area contributed by atoms with Crippen molar-refractivity contribution in [3.8, 4) is 0 Å². The first-order valence-electron chi connectivity index (χ1n) is 8.19. The molecule has 1 unspecified atom stereocenters. The van der Waals surface area contributed by atoms with Gasteiger partial charge < -0.3 is 9.42 Å². The van der Waals surface area contributed by atoms with Gasteiger partial charge in [0.2, 0.25) is 5.91 Å². The SMILES string of the molecule is Cc1cc(C2CCCN2C(=O)CCc2c(C)nn(C)c2C)on1. The van der Waals surface area contributed by atoms with Gasteiger partial charge in [0.1, 0.15) is 0 Å². The van der Waals surface area contributed by atoms with E-state index in [4.69, 9.17) is 4.52 Å². The molecule has 3 rings (SSSR count). The van der Waals surface area contributed by atoms with Gasteiger partial charge in [-0.2, -0.15) is 5.10 Å². The molecular weight excluding hydrogens is 292 g/mol. The molecule has 1 saturated heterocycles. The van der Waals surface area contributed by atoms with Gasteiger partial charge in [-0.1, -0.05) is 5.16 Å². The van der Waals surface area contributed by atoms with Gasteiger partial charge in [-0.15, -0.1) is 0 Å².